The Balaban J connectivity index is 1.03. The average Bonchev–Trinajstić information content (AvgIpc) is 3.27. The minimum atomic E-state index is -1.26. The van der Waals surface area contributed by atoms with E-state index in [1.807, 2.05) is 152 Å². The third-order valence-electron chi connectivity index (χ3n) is 10.6. The van der Waals surface area contributed by atoms with Crippen LogP contribution in [0.1, 0.15) is 34.8 Å². The van der Waals surface area contributed by atoms with Crippen molar-refractivity contribution in [1.29, 1.82) is 0 Å². The van der Waals surface area contributed by atoms with E-state index in [2.05, 4.69) is 0 Å². The van der Waals surface area contributed by atoms with Gasteiger partial charge >= 0.3 is 0 Å². The molecule has 4 heterocycles. The van der Waals surface area contributed by atoms with Gasteiger partial charge < -0.3 is 47.7 Å². The van der Waals surface area contributed by atoms with Crippen molar-refractivity contribution in [3.63, 3.8) is 0 Å². The molecule has 12 atom stereocenters. The molecule has 0 aromatic heterocycles. The number of fused-ring (bicyclic) bond motifs is 2. The van der Waals surface area contributed by atoms with Gasteiger partial charge in [0.25, 0.3) is 0 Å². The first-order valence-electron chi connectivity index (χ1n) is 19.5. The van der Waals surface area contributed by atoms with E-state index in [1.54, 1.807) is 0 Å². The number of rotatable bonds is 12. The molecule has 9 rings (SSSR count). The molecule has 0 aliphatic carbocycles. The summed E-state index contributed by atoms with van der Waals surface area (Å²) in [6, 6.07) is 49.4. The second kappa shape index (κ2) is 18.3. The molecule has 57 heavy (non-hydrogen) atoms. The summed E-state index contributed by atoms with van der Waals surface area (Å²) in [5, 5.41) is 12.3. The molecule has 0 bridgehead atoms. The summed E-state index contributed by atoms with van der Waals surface area (Å²) in [6.07, 6.45) is -8.31. The lowest BCUT2D eigenvalue weighted by Crippen LogP contribution is -2.66. The van der Waals surface area contributed by atoms with E-state index in [4.69, 9.17) is 42.6 Å². The number of hydrogen-bond acceptors (Lipinski definition) is 11. The maximum Gasteiger partial charge on any atom is 0.187 e. The second-order valence-corrected chi connectivity index (χ2v) is 15.7. The number of benzene rings is 5. The molecule has 0 saturated carbocycles. The number of ether oxygens (including phenoxy) is 9. The standard InChI is InChI=1S/C46H46O10S/c47-37-40(48-26-30-16-6-1-7-17-30)38-35(28-50-43(54-38)32-20-10-3-11-21-32)52-45(37)56-42-41(49-27-31-18-8-2-9-19-31)39-36(53-46(42)57-34-24-14-5-15-25-34)29-51-44(55-39)33-22-12-4-13-23-33/h1-25,35-47H,26-29H2/t35?,36?,37?,38-,39-,40-,41+,42?,43?,44?,45+,46-/m1/s1. The Labute approximate surface area is 336 Å². The highest BCUT2D eigenvalue weighted by atomic mass is 32.2. The minimum absolute atomic E-state index is 0.198. The number of aliphatic hydroxyl groups is 1. The Hall–Kier alpha value is -3.95. The van der Waals surface area contributed by atoms with Crippen molar-refractivity contribution in [3.8, 4) is 0 Å². The van der Waals surface area contributed by atoms with Crippen LogP contribution in [0.3, 0.4) is 0 Å². The van der Waals surface area contributed by atoms with Crippen molar-refractivity contribution in [3.05, 3.63) is 174 Å². The summed E-state index contributed by atoms with van der Waals surface area (Å²) in [7, 11) is 0. The largest absolute Gasteiger partial charge is 0.385 e. The Morgan fingerprint density at radius 3 is 1.51 bits per heavy atom. The van der Waals surface area contributed by atoms with Crippen molar-refractivity contribution in [1.82, 2.24) is 0 Å². The SMILES string of the molecule is OC1[C@H](OC2[C@@H](Sc3ccccc3)OC3COC(c4ccccc4)O[C@H]3[C@@H]2OCc2ccccc2)OC2COC(c3ccccc3)O[C@H]2[C@@H]1OCc1ccccc1. The van der Waals surface area contributed by atoms with Gasteiger partial charge in [-0.1, -0.05) is 151 Å². The predicted octanol–water partition coefficient (Wildman–Crippen LogP) is 7.37. The third-order valence-corrected chi connectivity index (χ3v) is 11.7. The van der Waals surface area contributed by atoms with Gasteiger partial charge in [-0.05, 0) is 23.3 Å². The molecule has 0 spiro atoms. The lowest BCUT2D eigenvalue weighted by atomic mass is 9.96. The molecule has 0 amide bonds. The van der Waals surface area contributed by atoms with Crippen molar-refractivity contribution in [2.45, 2.75) is 91.2 Å². The van der Waals surface area contributed by atoms with Crippen LogP contribution in [-0.4, -0.2) is 78.9 Å². The highest BCUT2D eigenvalue weighted by molar-refractivity contribution is 7.99. The van der Waals surface area contributed by atoms with E-state index in [0.29, 0.717) is 6.61 Å². The molecule has 4 aliphatic heterocycles. The first-order chi connectivity index (χ1) is 28.2. The first kappa shape index (κ1) is 38.6. The molecule has 5 aromatic carbocycles. The molecule has 0 radical (unpaired) electrons. The van der Waals surface area contributed by atoms with Crippen molar-refractivity contribution >= 4 is 11.8 Å². The fourth-order valence-electron chi connectivity index (χ4n) is 7.72. The van der Waals surface area contributed by atoms with Gasteiger partial charge in [-0.15, -0.1) is 0 Å². The van der Waals surface area contributed by atoms with Crippen LogP contribution in [0.2, 0.25) is 0 Å². The molecular formula is C46H46O10S. The minimum Gasteiger partial charge on any atom is -0.385 e. The predicted molar refractivity (Wildman–Crippen MR) is 211 cm³/mol. The van der Waals surface area contributed by atoms with Crippen molar-refractivity contribution < 1.29 is 47.7 Å². The lowest BCUT2D eigenvalue weighted by Gasteiger charge is -2.52. The van der Waals surface area contributed by atoms with Crippen LogP contribution < -0.4 is 0 Å². The van der Waals surface area contributed by atoms with Crippen LogP contribution in [-0.2, 0) is 55.8 Å². The zero-order chi connectivity index (χ0) is 38.4. The lowest BCUT2D eigenvalue weighted by molar-refractivity contribution is -0.389. The Morgan fingerprint density at radius 1 is 0.509 bits per heavy atom. The molecule has 5 aromatic rings. The summed E-state index contributed by atoms with van der Waals surface area (Å²) in [4.78, 5) is 0.978. The Bertz CT molecular complexity index is 1960. The normalized spacial score (nSPS) is 32.5. The molecule has 4 saturated heterocycles. The third kappa shape index (κ3) is 9.05. The highest BCUT2D eigenvalue weighted by Gasteiger charge is 2.56. The zero-order valence-electron chi connectivity index (χ0n) is 31.2. The molecular weight excluding hydrogens is 745 g/mol. The van der Waals surface area contributed by atoms with Gasteiger partial charge in [0.2, 0.25) is 0 Å². The molecule has 6 unspecified atom stereocenters. The Morgan fingerprint density at radius 2 is 0.965 bits per heavy atom. The molecule has 4 fully saturated rings. The molecule has 11 heteroatoms. The molecule has 4 aliphatic rings. The van der Waals surface area contributed by atoms with Crippen molar-refractivity contribution in [2.24, 2.45) is 0 Å². The van der Waals surface area contributed by atoms with Crippen LogP contribution in [0.25, 0.3) is 0 Å². The van der Waals surface area contributed by atoms with Gasteiger partial charge in [0.05, 0.1) is 26.4 Å². The summed E-state index contributed by atoms with van der Waals surface area (Å²) in [6.45, 7) is 1.02. The number of hydrogen-bond donors (Lipinski definition) is 1. The van der Waals surface area contributed by atoms with Gasteiger partial charge in [-0.25, -0.2) is 0 Å². The van der Waals surface area contributed by atoms with E-state index in [1.165, 1.54) is 11.8 Å². The monoisotopic (exact) mass is 790 g/mol. The van der Waals surface area contributed by atoms with E-state index < -0.39 is 73.1 Å². The fourth-order valence-corrected chi connectivity index (χ4v) is 8.86. The van der Waals surface area contributed by atoms with Crippen molar-refractivity contribution in [2.75, 3.05) is 13.2 Å². The smallest absolute Gasteiger partial charge is 0.187 e. The van der Waals surface area contributed by atoms with E-state index >= 15 is 0 Å². The van der Waals surface area contributed by atoms with E-state index in [0.717, 1.165) is 27.1 Å². The van der Waals surface area contributed by atoms with E-state index in [9.17, 15) is 5.11 Å². The fraction of sp³-hybridized carbons (Fsp3) is 0.348. The highest BCUT2D eigenvalue weighted by Crippen LogP contribution is 2.43. The summed E-state index contributed by atoms with van der Waals surface area (Å²) >= 11 is 1.51. The molecule has 10 nitrogen and oxygen atoms in total. The molecule has 1 N–H and O–H groups in total. The maximum atomic E-state index is 12.3. The summed E-state index contributed by atoms with van der Waals surface area (Å²) in [5.41, 5.74) is 3.10. The summed E-state index contributed by atoms with van der Waals surface area (Å²) in [5.74, 6) is 0. The van der Waals surface area contributed by atoms with Crippen LogP contribution in [0.15, 0.2) is 157 Å². The van der Waals surface area contributed by atoms with Gasteiger partial charge in [0, 0.05) is 16.0 Å². The summed E-state index contributed by atoms with van der Waals surface area (Å²) < 4.78 is 59.7. The zero-order valence-corrected chi connectivity index (χ0v) is 32.0. The quantitative estimate of drug-likeness (QED) is 0.137. The number of thioether (sulfide) groups is 1. The van der Waals surface area contributed by atoms with Gasteiger partial charge in [0.1, 0.15) is 54.3 Å². The van der Waals surface area contributed by atoms with Gasteiger partial charge in [-0.2, -0.15) is 0 Å². The van der Waals surface area contributed by atoms with Crippen LogP contribution in [0.5, 0.6) is 0 Å². The van der Waals surface area contributed by atoms with Gasteiger partial charge in [-0.3, -0.25) is 0 Å². The Kier molecular flexibility index (Phi) is 12.4. The van der Waals surface area contributed by atoms with E-state index in [-0.39, 0.29) is 19.8 Å². The van der Waals surface area contributed by atoms with Crippen LogP contribution >= 0.6 is 11.8 Å². The van der Waals surface area contributed by atoms with Crippen LogP contribution in [0.4, 0.5) is 0 Å². The van der Waals surface area contributed by atoms with Crippen LogP contribution in [0, 0.1) is 0 Å². The molecule has 296 valence electrons. The maximum absolute atomic E-state index is 12.3. The topological polar surface area (TPSA) is 103 Å². The second-order valence-electron chi connectivity index (χ2n) is 14.5. The number of aliphatic hydroxyl groups excluding tert-OH is 1. The van der Waals surface area contributed by atoms with Gasteiger partial charge in [0.15, 0.2) is 18.9 Å². The average molecular weight is 791 g/mol. The first-order valence-corrected chi connectivity index (χ1v) is 20.4.